The Bertz CT molecular complexity index is 1220. The molecule has 1 fully saturated rings. The van der Waals surface area contributed by atoms with E-state index in [0.29, 0.717) is 19.5 Å². The molecule has 2 aromatic rings. The predicted molar refractivity (Wildman–Crippen MR) is 125 cm³/mol. The van der Waals surface area contributed by atoms with E-state index in [-0.39, 0.29) is 23.7 Å². The fourth-order valence-electron chi connectivity index (χ4n) is 4.90. The van der Waals surface area contributed by atoms with Crippen molar-refractivity contribution in [1.29, 1.82) is 5.26 Å². The summed E-state index contributed by atoms with van der Waals surface area (Å²) in [6, 6.07) is 8.36. The van der Waals surface area contributed by atoms with Crippen LogP contribution in [0.5, 0.6) is 0 Å². The van der Waals surface area contributed by atoms with Crippen molar-refractivity contribution in [2.75, 3.05) is 25.0 Å². The van der Waals surface area contributed by atoms with Crippen LogP contribution in [0.25, 0.3) is 0 Å². The highest BCUT2D eigenvalue weighted by Crippen LogP contribution is 2.48. The predicted octanol–water partition coefficient (Wildman–Crippen LogP) is 3.06. The highest BCUT2D eigenvalue weighted by Gasteiger charge is 2.56. The Balaban J connectivity index is 1.56. The zero-order valence-corrected chi connectivity index (χ0v) is 18.8. The fourth-order valence-corrected chi connectivity index (χ4v) is 6.06. The first-order valence-corrected chi connectivity index (χ1v) is 11.5. The van der Waals surface area contributed by atoms with E-state index in [1.807, 2.05) is 31.2 Å². The zero-order valence-electron chi connectivity index (χ0n) is 18.0. The summed E-state index contributed by atoms with van der Waals surface area (Å²) in [5, 5.41) is 11.4. The van der Waals surface area contributed by atoms with Gasteiger partial charge < -0.3 is 10.6 Å². The Hall–Kier alpha value is -3.44. The molecule has 2 unspecified atom stereocenters. The molecule has 0 bridgehead atoms. The van der Waals surface area contributed by atoms with Crippen molar-refractivity contribution >= 4 is 29.0 Å². The van der Waals surface area contributed by atoms with Gasteiger partial charge in [0, 0.05) is 36.2 Å². The smallest absolute Gasteiger partial charge is 0.236 e. The summed E-state index contributed by atoms with van der Waals surface area (Å²) in [5.74, 6) is 0.905. The maximum absolute atomic E-state index is 13.3. The molecule has 7 nitrogen and oxygen atoms in total. The Kier molecular flexibility index (Phi) is 4.86. The molecule has 1 saturated heterocycles. The molecule has 3 atom stereocenters. The lowest BCUT2D eigenvalue weighted by Gasteiger charge is -2.36. The van der Waals surface area contributed by atoms with E-state index >= 15 is 0 Å². The third kappa shape index (κ3) is 3.12. The van der Waals surface area contributed by atoms with Gasteiger partial charge >= 0.3 is 0 Å². The number of amides is 1. The molecule has 3 aliphatic rings. The van der Waals surface area contributed by atoms with Crippen molar-refractivity contribution < 1.29 is 4.79 Å². The number of pyridine rings is 1. The Morgan fingerprint density at radius 2 is 2.25 bits per heavy atom. The molecule has 4 heterocycles. The van der Waals surface area contributed by atoms with Crippen LogP contribution in [0.2, 0.25) is 0 Å². The van der Waals surface area contributed by atoms with Gasteiger partial charge in [-0.1, -0.05) is 18.2 Å². The molecule has 0 spiro atoms. The molecule has 0 radical (unpaired) electrons. The SMILES string of the molecule is Cc1cccnc1N1CC2C(=O)N(C)C(N)=N[C@@]2(c2cc(C3C=CC=C(C#N)C3)cs2)C1. The quantitative estimate of drug-likeness (QED) is 0.784. The van der Waals surface area contributed by atoms with Gasteiger partial charge in [-0.2, -0.15) is 5.26 Å². The Labute approximate surface area is 191 Å². The van der Waals surface area contributed by atoms with Gasteiger partial charge in [0.15, 0.2) is 5.96 Å². The third-order valence-electron chi connectivity index (χ3n) is 6.68. The number of carbonyl (C=O) groups is 1. The number of thiophene rings is 1. The van der Waals surface area contributed by atoms with E-state index in [1.165, 1.54) is 4.90 Å². The number of anilines is 1. The van der Waals surface area contributed by atoms with Crippen LogP contribution in [0.15, 0.2) is 58.6 Å². The van der Waals surface area contributed by atoms with Crippen LogP contribution in [-0.4, -0.2) is 41.9 Å². The summed E-state index contributed by atoms with van der Waals surface area (Å²) in [5.41, 5.74) is 8.45. The number of nitriles is 1. The molecule has 1 aliphatic carbocycles. The summed E-state index contributed by atoms with van der Waals surface area (Å²) in [7, 11) is 1.68. The van der Waals surface area contributed by atoms with E-state index in [9.17, 15) is 10.1 Å². The van der Waals surface area contributed by atoms with Gasteiger partial charge in [0.05, 0.1) is 18.5 Å². The molecule has 32 heavy (non-hydrogen) atoms. The molecule has 2 aromatic heterocycles. The summed E-state index contributed by atoms with van der Waals surface area (Å²) in [6.07, 6.45) is 8.40. The molecule has 2 aliphatic heterocycles. The van der Waals surface area contributed by atoms with Gasteiger partial charge in [0.1, 0.15) is 11.4 Å². The third-order valence-corrected chi connectivity index (χ3v) is 7.79. The van der Waals surface area contributed by atoms with Crippen molar-refractivity contribution in [3.63, 3.8) is 0 Å². The second-order valence-corrected chi connectivity index (χ2v) is 9.52. The van der Waals surface area contributed by atoms with Crippen LogP contribution in [-0.2, 0) is 10.3 Å². The molecule has 8 heteroatoms. The first-order chi connectivity index (χ1) is 15.4. The summed E-state index contributed by atoms with van der Waals surface area (Å²) in [4.78, 5) is 27.5. The topological polar surface area (TPSA) is 98.6 Å². The average Bonchev–Trinajstić information content (AvgIpc) is 3.44. The number of hydrogen-bond donors (Lipinski definition) is 1. The number of nitrogens with two attached hydrogens (primary N) is 1. The molecule has 2 N–H and O–H groups in total. The van der Waals surface area contributed by atoms with E-state index in [0.717, 1.165) is 27.4 Å². The maximum Gasteiger partial charge on any atom is 0.236 e. The van der Waals surface area contributed by atoms with E-state index in [2.05, 4.69) is 33.5 Å². The number of allylic oxidation sites excluding steroid dienone is 4. The maximum atomic E-state index is 13.3. The second kappa shape index (κ2) is 7.61. The van der Waals surface area contributed by atoms with E-state index in [4.69, 9.17) is 10.7 Å². The van der Waals surface area contributed by atoms with Crippen molar-refractivity contribution in [3.8, 4) is 6.07 Å². The van der Waals surface area contributed by atoms with Crippen molar-refractivity contribution in [2.24, 2.45) is 16.6 Å². The van der Waals surface area contributed by atoms with Crippen molar-refractivity contribution in [2.45, 2.75) is 24.8 Å². The van der Waals surface area contributed by atoms with Crippen LogP contribution in [0, 0.1) is 24.2 Å². The molecule has 0 saturated carbocycles. The van der Waals surface area contributed by atoms with E-state index in [1.54, 1.807) is 24.6 Å². The van der Waals surface area contributed by atoms with Crippen LogP contribution >= 0.6 is 11.3 Å². The van der Waals surface area contributed by atoms with Gasteiger partial charge in [-0.3, -0.25) is 9.69 Å². The largest absolute Gasteiger partial charge is 0.369 e. The first kappa shape index (κ1) is 20.5. The normalized spacial score (nSPS) is 27.1. The number of guanidine groups is 1. The van der Waals surface area contributed by atoms with Crippen LogP contribution < -0.4 is 10.6 Å². The Morgan fingerprint density at radius 3 is 3.03 bits per heavy atom. The molecule has 162 valence electrons. The minimum atomic E-state index is -0.743. The highest BCUT2D eigenvalue weighted by molar-refractivity contribution is 7.10. The van der Waals surface area contributed by atoms with Gasteiger partial charge in [0.2, 0.25) is 5.91 Å². The highest BCUT2D eigenvalue weighted by atomic mass is 32.1. The molecular weight excluding hydrogens is 420 g/mol. The molecule has 5 rings (SSSR count). The first-order valence-electron chi connectivity index (χ1n) is 10.6. The lowest BCUT2D eigenvalue weighted by atomic mass is 9.82. The molecule has 1 amide bonds. The standard InChI is InChI=1S/C24H24N6OS/c1-15-5-4-8-27-21(15)30-12-19-22(31)29(2)23(26)28-24(19,14-30)20-10-18(13-32-20)17-7-3-6-16(9-17)11-25/h3-8,10,13,17,19H,9,12,14H2,1-2H3,(H2,26,28)/t17?,19?,24-/m0/s1. The van der Waals surface area contributed by atoms with Gasteiger partial charge in [-0.05, 0) is 48.1 Å². The summed E-state index contributed by atoms with van der Waals surface area (Å²) >= 11 is 1.62. The monoisotopic (exact) mass is 444 g/mol. The van der Waals surface area contributed by atoms with Crippen molar-refractivity contribution in [3.05, 3.63) is 69.6 Å². The van der Waals surface area contributed by atoms with Gasteiger partial charge in [-0.25, -0.2) is 9.98 Å². The lowest BCUT2D eigenvalue weighted by molar-refractivity contribution is -0.132. The van der Waals surface area contributed by atoms with Gasteiger partial charge in [0.25, 0.3) is 0 Å². The van der Waals surface area contributed by atoms with Crippen LogP contribution in [0.1, 0.15) is 28.3 Å². The number of carbonyl (C=O) groups excluding carboxylic acids is 1. The fraction of sp³-hybridized carbons (Fsp3) is 0.333. The second-order valence-electron chi connectivity index (χ2n) is 8.61. The number of hydrogen-bond acceptors (Lipinski definition) is 7. The molecule has 0 aromatic carbocycles. The molecular formula is C24H24N6OS. The van der Waals surface area contributed by atoms with Gasteiger partial charge in [-0.15, -0.1) is 11.3 Å². The Morgan fingerprint density at radius 1 is 1.41 bits per heavy atom. The number of rotatable bonds is 3. The van der Waals surface area contributed by atoms with Crippen LogP contribution in [0.4, 0.5) is 5.82 Å². The number of aryl methyl sites for hydroxylation is 1. The van der Waals surface area contributed by atoms with E-state index < -0.39 is 5.54 Å². The average molecular weight is 445 g/mol. The van der Waals surface area contributed by atoms with Crippen LogP contribution in [0.3, 0.4) is 0 Å². The minimum absolute atomic E-state index is 0.0178. The zero-order chi connectivity index (χ0) is 22.5. The lowest BCUT2D eigenvalue weighted by Crippen LogP contribution is -2.54. The summed E-state index contributed by atoms with van der Waals surface area (Å²) in [6.45, 7) is 3.11. The summed E-state index contributed by atoms with van der Waals surface area (Å²) < 4.78 is 0. The number of aliphatic imine (C=N–C) groups is 1. The number of aromatic nitrogens is 1. The minimum Gasteiger partial charge on any atom is -0.369 e. The number of fused-ring (bicyclic) bond motifs is 1. The number of nitrogens with zero attached hydrogens (tertiary/aromatic N) is 5. The van der Waals surface area contributed by atoms with Crippen molar-refractivity contribution in [1.82, 2.24) is 9.88 Å².